The maximum atomic E-state index is 13.2. The molecule has 0 spiro atoms. The minimum absolute atomic E-state index is 0.235. The molecule has 2 nitrogen and oxygen atoms in total. The Balaban J connectivity index is 1.84. The third kappa shape index (κ3) is 11.5. The lowest BCUT2D eigenvalue weighted by Gasteiger charge is -2.28. The lowest BCUT2D eigenvalue weighted by atomic mass is 10.0. The number of unbranched alkanes of at least 4 members (excludes halogenated alkanes) is 11. The summed E-state index contributed by atoms with van der Waals surface area (Å²) in [6, 6.07) is 0. The summed E-state index contributed by atoms with van der Waals surface area (Å²) in [5, 5.41) is 0. The van der Waals surface area contributed by atoms with E-state index < -0.39 is 24.4 Å². The van der Waals surface area contributed by atoms with Gasteiger partial charge in [-0.25, -0.2) is 0 Å². The molecule has 0 aliphatic carbocycles. The van der Waals surface area contributed by atoms with Crippen LogP contribution >= 0.6 is 0 Å². The highest BCUT2D eigenvalue weighted by atomic mass is 19.4. The first-order chi connectivity index (χ1) is 15.1. The van der Waals surface area contributed by atoms with Crippen molar-refractivity contribution in [1.29, 1.82) is 0 Å². The van der Waals surface area contributed by atoms with Gasteiger partial charge in [0.25, 0.3) is 0 Å². The second-order valence-corrected chi connectivity index (χ2v) is 8.83. The molecular formula is C23H39F7O2. The van der Waals surface area contributed by atoms with Gasteiger partial charge in [-0.1, -0.05) is 64.2 Å². The Morgan fingerprint density at radius 2 is 1.16 bits per heavy atom. The van der Waals surface area contributed by atoms with Gasteiger partial charge < -0.3 is 9.47 Å². The van der Waals surface area contributed by atoms with E-state index in [1.807, 2.05) is 0 Å². The van der Waals surface area contributed by atoms with Gasteiger partial charge in [0.05, 0.1) is 12.7 Å². The monoisotopic (exact) mass is 480 g/mol. The van der Waals surface area contributed by atoms with Crippen LogP contribution in [0.2, 0.25) is 0 Å². The molecule has 0 amide bonds. The third-order valence-electron chi connectivity index (χ3n) is 5.92. The SMILES string of the molecule is FC(F)(F)C(F)(F)C(F)(F)CCCCCCCCCCCCCCOCC1CCCCO1. The van der Waals surface area contributed by atoms with Crippen molar-refractivity contribution in [3.05, 3.63) is 0 Å². The van der Waals surface area contributed by atoms with E-state index in [4.69, 9.17) is 9.47 Å². The van der Waals surface area contributed by atoms with Crippen LogP contribution < -0.4 is 0 Å². The van der Waals surface area contributed by atoms with Crippen LogP contribution in [0.15, 0.2) is 0 Å². The van der Waals surface area contributed by atoms with Crippen molar-refractivity contribution in [2.45, 2.75) is 127 Å². The largest absolute Gasteiger partial charge is 0.459 e. The summed E-state index contributed by atoms with van der Waals surface area (Å²) in [6.07, 6.45) is 6.00. The molecule has 1 aliphatic heterocycles. The van der Waals surface area contributed by atoms with Crippen molar-refractivity contribution >= 4 is 0 Å². The normalized spacial score (nSPS) is 18.3. The van der Waals surface area contributed by atoms with E-state index in [-0.39, 0.29) is 18.9 Å². The molecule has 1 fully saturated rings. The second-order valence-electron chi connectivity index (χ2n) is 8.83. The van der Waals surface area contributed by atoms with Gasteiger partial charge in [-0.15, -0.1) is 0 Å². The van der Waals surface area contributed by atoms with E-state index in [9.17, 15) is 30.7 Å². The number of halogens is 7. The molecule has 1 atom stereocenters. The predicted octanol–water partition coefficient (Wildman–Crippen LogP) is 8.48. The van der Waals surface area contributed by atoms with Crippen molar-refractivity contribution in [3.8, 4) is 0 Å². The maximum absolute atomic E-state index is 13.2. The summed E-state index contributed by atoms with van der Waals surface area (Å²) >= 11 is 0. The molecule has 1 aliphatic rings. The summed E-state index contributed by atoms with van der Waals surface area (Å²) in [7, 11) is 0. The van der Waals surface area contributed by atoms with Gasteiger partial charge in [-0.3, -0.25) is 0 Å². The van der Waals surface area contributed by atoms with E-state index in [1.54, 1.807) is 0 Å². The lowest BCUT2D eigenvalue weighted by molar-refractivity contribution is -0.355. The minimum Gasteiger partial charge on any atom is -0.379 e. The molecule has 1 rings (SSSR count). The Morgan fingerprint density at radius 1 is 0.656 bits per heavy atom. The molecule has 0 saturated carbocycles. The average Bonchev–Trinajstić information content (AvgIpc) is 2.73. The van der Waals surface area contributed by atoms with Gasteiger partial charge >= 0.3 is 18.0 Å². The Morgan fingerprint density at radius 3 is 1.62 bits per heavy atom. The third-order valence-corrected chi connectivity index (χ3v) is 5.92. The smallest absolute Gasteiger partial charge is 0.379 e. The molecule has 1 unspecified atom stereocenters. The molecule has 0 aromatic heterocycles. The summed E-state index contributed by atoms with van der Waals surface area (Å²) in [5.41, 5.74) is 0. The van der Waals surface area contributed by atoms with E-state index in [0.29, 0.717) is 13.0 Å². The molecule has 0 radical (unpaired) electrons. The van der Waals surface area contributed by atoms with Crippen LogP contribution in [0, 0.1) is 0 Å². The van der Waals surface area contributed by atoms with E-state index in [1.165, 1.54) is 12.8 Å². The first-order valence-electron chi connectivity index (χ1n) is 12.1. The van der Waals surface area contributed by atoms with Crippen LogP contribution in [-0.4, -0.2) is 43.9 Å². The average molecular weight is 481 g/mol. The van der Waals surface area contributed by atoms with Crippen molar-refractivity contribution in [2.75, 3.05) is 19.8 Å². The van der Waals surface area contributed by atoms with Crippen LogP contribution in [0.25, 0.3) is 0 Å². The Hall–Kier alpha value is -0.570. The molecule has 1 saturated heterocycles. The predicted molar refractivity (Wildman–Crippen MR) is 110 cm³/mol. The van der Waals surface area contributed by atoms with Crippen molar-refractivity contribution < 1.29 is 40.2 Å². The van der Waals surface area contributed by atoms with Crippen molar-refractivity contribution in [3.63, 3.8) is 0 Å². The molecule has 9 heteroatoms. The molecule has 0 aromatic rings. The Bertz CT molecular complexity index is 464. The van der Waals surface area contributed by atoms with Crippen LogP contribution in [0.4, 0.5) is 30.7 Å². The first kappa shape index (κ1) is 29.5. The van der Waals surface area contributed by atoms with Gasteiger partial charge in [0.2, 0.25) is 0 Å². The molecule has 0 aromatic carbocycles. The van der Waals surface area contributed by atoms with Gasteiger partial charge in [0.15, 0.2) is 0 Å². The number of hydrogen-bond acceptors (Lipinski definition) is 2. The Labute approximate surface area is 187 Å². The zero-order valence-electron chi connectivity index (χ0n) is 19.0. The molecule has 32 heavy (non-hydrogen) atoms. The topological polar surface area (TPSA) is 18.5 Å². The zero-order chi connectivity index (χ0) is 23.9. The van der Waals surface area contributed by atoms with Crippen LogP contribution in [0.3, 0.4) is 0 Å². The van der Waals surface area contributed by atoms with Gasteiger partial charge in [-0.05, 0) is 32.1 Å². The number of ether oxygens (including phenoxy) is 2. The van der Waals surface area contributed by atoms with Gasteiger partial charge in [0.1, 0.15) is 0 Å². The first-order valence-corrected chi connectivity index (χ1v) is 12.1. The molecule has 0 bridgehead atoms. The fourth-order valence-corrected chi connectivity index (χ4v) is 3.84. The summed E-state index contributed by atoms with van der Waals surface area (Å²) in [4.78, 5) is 0. The molecule has 0 N–H and O–H groups in total. The van der Waals surface area contributed by atoms with E-state index in [2.05, 4.69) is 0 Å². The highest BCUT2D eigenvalue weighted by Gasteiger charge is 2.72. The molecule has 192 valence electrons. The quantitative estimate of drug-likeness (QED) is 0.145. The number of hydrogen-bond donors (Lipinski definition) is 0. The summed E-state index contributed by atoms with van der Waals surface area (Å²) in [6.45, 7) is 2.32. The fraction of sp³-hybridized carbons (Fsp3) is 1.00. The molecular weight excluding hydrogens is 441 g/mol. The fourth-order valence-electron chi connectivity index (χ4n) is 3.84. The minimum atomic E-state index is -6.23. The highest BCUT2D eigenvalue weighted by Crippen LogP contribution is 2.48. The highest BCUT2D eigenvalue weighted by molar-refractivity contribution is 4.90. The van der Waals surface area contributed by atoms with E-state index in [0.717, 1.165) is 77.4 Å². The summed E-state index contributed by atoms with van der Waals surface area (Å²) < 4.78 is 99.3. The summed E-state index contributed by atoms with van der Waals surface area (Å²) in [5.74, 6) is -11.0. The van der Waals surface area contributed by atoms with Crippen molar-refractivity contribution in [1.82, 2.24) is 0 Å². The van der Waals surface area contributed by atoms with Crippen LogP contribution in [0.5, 0.6) is 0 Å². The maximum Gasteiger partial charge on any atom is 0.459 e. The lowest BCUT2D eigenvalue weighted by Crippen LogP contribution is -2.51. The molecule has 1 heterocycles. The van der Waals surface area contributed by atoms with Crippen molar-refractivity contribution in [2.24, 2.45) is 0 Å². The number of alkyl halides is 7. The zero-order valence-corrected chi connectivity index (χ0v) is 19.0. The Kier molecular flexibility index (Phi) is 14.1. The van der Waals surface area contributed by atoms with E-state index >= 15 is 0 Å². The van der Waals surface area contributed by atoms with Gasteiger partial charge in [-0.2, -0.15) is 30.7 Å². The van der Waals surface area contributed by atoms with Crippen LogP contribution in [0.1, 0.15) is 103 Å². The number of rotatable bonds is 18. The standard InChI is InChI=1S/C23H39F7O2/c24-21(25,22(26,27)23(28,29)30)16-12-9-7-5-3-1-2-4-6-8-10-13-17-31-19-20-15-11-14-18-32-20/h20H,1-19H2. The second kappa shape index (κ2) is 15.4. The van der Waals surface area contributed by atoms with Crippen LogP contribution in [-0.2, 0) is 9.47 Å². The van der Waals surface area contributed by atoms with Gasteiger partial charge in [0, 0.05) is 19.6 Å².